The molecule has 1 saturated heterocycles. The monoisotopic (exact) mass is 464 g/mol. The maximum absolute atomic E-state index is 13.3. The van der Waals surface area contributed by atoms with Gasteiger partial charge in [0.2, 0.25) is 0 Å². The number of amides is 1. The van der Waals surface area contributed by atoms with Crippen molar-refractivity contribution in [3.05, 3.63) is 29.3 Å². The number of rotatable bonds is 5. The highest BCUT2D eigenvalue weighted by atomic mass is 32.1. The number of benzene rings is 1. The molecule has 4 heterocycles. The van der Waals surface area contributed by atoms with E-state index in [0.717, 1.165) is 54.1 Å². The molecule has 33 heavy (non-hydrogen) atoms. The van der Waals surface area contributed by atoms with E-state index < -0.39 is 0 Å². The van der Waals surface area contributed by atoms with Crippen LogP contribution in [0, 0.1) is 5.92 Å². The molecular formula is C24H28N6O2S. The molecule has 0 spiro atoms. The molecule has 3 aromatic heterocycles. The van der Waals surface area contributed by atoms with Gasteiger partial charge in [-0.15, -0.1) is 11.3 Å². The van der Waals surface area contributed by atoms with Crippen LogP contribution >= 0.6 is 11.3 Å². The zero-order valence-electron chi connectivity index (χ0n) is 19.0. The average Bonchev–Trinajstić information content (AvgIpc) is 3.26. The van der Waals surface area contributed by atoms with E-state index in [4.69, 9.17) is 15.5 Å². The molecule has 1 aliphatic carbocycles. The molecule has 1 aromatic carbocycles. The second-order valence-electron chi connectivity index (χ2n) is 9.32. The summed E-state index contributed by atoms with van der Waals surface area (Å²) in [7, 11) is 3.65. The van der Waals surface area contributed by atoms with Crippen LogP contribution in [0.4, 0.5) is 0 Å². The average molecular weight is 465 g/mol. The van der Waals surface area contributed by atoms with Crippen molar-refractivity contribution in [3.63, 3.8) is 0 Å². The van der Waals surface area contributed by atoms with Crippen molar-refractivity contribution in [3.8, 4) is 17.3 Å². The van der Waals surface area contributed by atoms with E-state index in [1.165, 1.54) is 17.5 Å². The zero-order valence-corrected chi connectivity index (χ0v) is 19.8. The number of hydrogen-bond acceptors (Lipinski definition) is 6. The number of nitrogens with two attached hydrogens (primary N) is 1. The SMILES string of the molecule is COc1cc(C(=O)N2CCC[C@@H](N)C2)cc2nc(-c3cc4scnc4n3CC3CC3)n(C)c12. The molecule has 0 unspecified atom stereocenters. The van der Waals surface area contributed by atoms with Gasteiger partial charge in [-0.3, -0.25) is 4.79 Å². The van der Waals surface area contributed by atoms with Crippen molar-refractivity contribution < 1.29 is 9.53 Å². The summed E-state index contributed by atoms with van der Waals surface area (Å²) < 4.78 is 11.3. The van der Waals surface area contributed by atoms with Crippen LogP contribution in [0.5, 0.6) is 5.75 Å². The molecule has 4 aromatic rings. The molecule has 2 fully saturated rings. The Balaban J connectivity index is 1.46. The summed E-state index contributed by atoms with van der Waals surface area (Å²) in [5, 5.41) is 0. The third-order valence-electron chi connectivity index (χ3n) is 6.90. The van der Waals surface area contributed by atoms with Crippen molar-refractivity contribution in [1.29, 1.82) is 0 Å². The lowest BCUT2D eigenvalue weighted by atomic mass is 10.0. The lowest BCUT2D eigenvalue weighted by molar-refractivity contribution is 0.0708. The Morgan fingerprint density at radius 2 is 2.12 bits per heavy atom. The quantitative estimate of drug-likeness (QED) is 0.487. The Morgan fingerprint density at radius 3 is 2.88 bits per heavy atom. The van der Waals surface area contributed by atoms with E-state index in [1.807, 2.05) is 29.6 Å². The molecule has 1 amide bonds. The minimum absolute atomic E-state index is 0.0145. The molecule has 1 atom stereocenters. The molecule has 2 N–H and O–H groups in total. The number of aromatic nitrogens is 4. The summed E-state index contributed by atoms with van der Waals surface area (Å²) >= 11 is 1.65. The van der Waals surface area contributed by atoms with E-state index in [2.05, 4.69) is 20.2 Å². The highest BCUT2D eigenvalue weighted by Crippen LogP contribution is 2.38. The normalized spacial score (nSPS) is 19.0. The standard InChI is InChI=1S/C24H28N6O2S/c1-28-21-17(8-15(9-19(21)32-2)24(31)29-7-3-4-16(25)12-29)27-22(28)18-10-20-23(26-13-33-20)30(18)11-14-5-6-14/h8-10,13-14,16H,3-7,11-12,25H2,1-2H3/t16-/m1/s1. The molecular weight excluding hydrogens is 436 g/mol. The lowest BCUT2D eigenvalue weighted by Gasteiger charge is -2.30. The van der Waals surface area contributed by atoms with Gasteiger partial charge in [0.1, 0.15) is 11.3 Å². The third-order valence-corrected chi connectivity index (χ3v) is 7.67. The number of piperidine rings is 1. The first-order valence-corrected chi connectivity index (χ1v) is 12.4. The smallest absolute Gasteiger partial charge is 0.254 e. The number of thiazole rings is 1. The van der Waals surface area contributed by atoms with E-state index >= 15 is 0 Å². The van der Waals surface area contributed by atoms with Gasteiger partial charge in [0.05, 0.1) is 28.5 Å². The van der Waals surface area contributed by atoms with Gasteiger partial charge in [0.25, 0.3) is 5.91 Å². The van der Waals surface area contributed by atoms with Gasteiger partial charge >= 0.3 is 0 Å². The van der Waals surface area contributed by atoms with Gasteiger partial charge in [-0.05, 0) is 49.8 Å². The number of fused-ring (bicyclic) bond motifs is 2. The first-order valence-electron chi connectivity index (χ1n) is 11.6. The van der Waals surface area contributed by atoms with Crippen LogP contribution in [-0.4, -0.2) is 56.2 Å². The Labute approximate surface area is 196 Å². The maximum Gasteiger partial charge on any atom is 0.254 e. The van der Waals surface area contributed by atoms with Crippen LogP contribution in [-0.2, 0) is 13.6 Å². The lowest BCUT2D eigenvalue weighted by Crippen LogP contribution is -2.45. The molecule has 172 valence electrons. The molecule has 1 saturated carbocycles. The number of likely N-dealkylation sites (tertiary alicyclic amines) is 1. The zero-order chi connectivity index (χ0) is 22.7. The molecule has 0 bridgehead atoms. The summed E-state index contributed by atoms with van der Waals surface area (Å²) in [6, 6.07) is 5.94. The van der Waals surface area contributed by atoms with Crippen LogP contribution in [0.2, 0.25) is 0 Å². The van der Waals surface area contributed by atoms with Crippen molar-refractivity contribution >= 4 is 38.6 Å². The molecule has 6 rings (SSSR count). The second-order valence-corrected chi connectivity index (χ2v) is 10.2. The number of carbonyl (C=O) groups excluding carboxylic acids is 1. The number of carbonyl (C=O) groups is 1. The van der Waals surface area contributed by atoms with Crippen LogP contribution in [0.25, 0.3) is 32.9 Å². The van der Waals surface area contributed by atoms with Crippen LogP contribution in [0.15, 0.2) is 23.7 Å². The fraction of sp³-hybridized carbons (Fsp3) is 0.458. The fourth-order valence-corrected chi connectivity index (χ4v) is 5.71. The number of hydrogen-bond donors (Lipinski definition) is 1. The summed E-state index contributed by atoms with van der Waals surface area (Å²) in [6.45, 7) is 2.28. The van der Waals surface area contributed by atoms with Crippen LogP contribution in [0.1, 0.15) is 36.0 Å². The second kappa shape index (κ2) is 7.85. The Kier molecular flexibility index (Phi) is 4.92. The largest absolute Gasteiger partial charge is 0.494 e. The maximum atomic E-state index is 13.3. The van der Waals surface area contributed by atoms with Crippen molar-refractivity contribution in [2.24, 2.45) is 18.7 Å². The molecule has 9 heteroatoms. The third kappa shape index (κ3) is 3.50. The minimum atomic E-state index is -0.0145. The molecule has 0 radical (unpaired) electrons. The van der Waals surface area contributed by atoms with E-state index in [1.54, 1.807) is 18.4 Å². The number of imidazole rings is 1. The van der Waals surface area contributed by atoms with Crippen molar-refractivity contribution in [2.45, 2.75) is 38.3 Å². The van der Waals surface area contributed by atoms with Crippen molar-refractivity contribution in [1.82, 2.24) is 24.0 Å². The molecule has 2 aliphatic rings. The first-order chi connectivity index (χ1) is 16.0. The van der Waals surface area contributed by atoms with E-state index in [-0.39, 0.29) is 11.9 Å². The van der Waals surface area contributed by atoms with Gasteiger partial charge in [0, 0.05) is 38.3 Å². The number of aryl methyl sites for hydroxylation is 1. The number of ether oxygens (including phenoxy) is 1. The molecule has 1 aliphatic heterocycles. The van der Waals surface area contributed by atoms with E-state index in [0.29, 0.717) is 23.8 Å². The van der Waals surface area contributed by atoms with Gasteiger partial charge < -0.3 is 24.5 Å². The minimum Gasteiger partial charge on any atom is -0.494 e. The molecule has 8 nitrogen and oxygen atoms in total. The predicted octanol–water partition coefficient (Wildman–Crippen LogP) is 3.63. The Morgan fingerprint density at radius 1 is 1.27 bits per heavy atom. The first kappa shape index (κ1) is 20.7. The summed E-state index contributed by atoms with van der Waals surface area (Å²) in [5.41, 5.74) is 12.3. The summed E-state index contributed by atoms with van der Waals surface area (Å²) in [4.78, 5) is 24.7. The number of methoxy groups -OCH3 is 1. The van der Waals surface area contributed by atoms with E-state index in [9.17, 15) is 4.79 Å². The van der Waals surface area contributed by atoms with Gasteiger partial charge in [-0.25, -0.2) is 9.97 Å². The Bertz CT molecular complexity index is 1360. The Hall–Kier alpha value is -2.91. The predicted molar refractivity (Wildman–Crippen MR) is 130 cm³/mol. The van der Waals surface area contributed by atoms with Gasteiger partial charge in [-0.2, -0.15) is 0 Å². The fourth-order valence-electron chi connectivity index (χ4n) is 4.99. The van der Waals surface area contributed by atoms with Gasteiger partial charge in [-0.1, -0.05) is 0 Å². The van der Waals surface area contributed by atoms with Gasteiger partial charge in [0.15, 0.2) is 11.5 Å². The van der Waals surface area contributed by atoms with Crippen LogP contribution in [0.3, 0.4) is 0 Å². The topological polar surface area (TPSA) is 91.2 Å². The van der Waals surface area contributed by atoms with Crippen LogP contribution < -0.4 is 10.5 Å². The summed E-state index contributed by atoms with van der Waals surface area (Å²) in [5.74, 6) is 2.21. The van der Waals surface area contributed by atoms with Crippen molar-refractivity contribution in [2.75, 3.05) is 20.2 Å². The number of nitrogens with zero attached hydrogens (tertiary/aromatic N) is 5. The summed E-state index contributed by atoms with van der Waals surface area (Å²) in [6.07, 6.45) is 4.43. The highest BCUT2D eigenvalue weighted by molar-refractivity contribution is 7.16. The highest BCUT2D eigenvalue weighted by Gasteiger charge is 2.28.